The van der Waals surface area contributed by atoms with Crippen LogP contribution in [0.5, 0.6) is 11.5 Å². The van der Waals surface area contributed by atoms with Gasteiger partial charge in [-0.05, 0) is 36.2 Å². The van der Waals surface area contributed by atoms with Crippen molar-refractivity contribution in [1.82, 2.24) is 5.32 Å². The zero-order valence-corrected chi connectivity index (χ0v) is 15.3. The van der Waals surface area contributed by atoms with Crippen LogP contribution in [0.2, 0.25) is 0 Å². The molecule has 0 heterocycles. The molecule has 0 radical (unpaired) electrons. The minimum absolute atomic E-state index is 0.0864. The Morgan fingerprint density at radius 3 is 2.18 bits per heavy atom. The van der Waals surface area contributed by atoms with Gasteiger partial charge in [0.2, 0.25) is 11.8 Å². The summed E-state index contributed by atoms with van der Waals surface area (Å²) in [5.74, 6) is -4.57. The van der Waals surface area contributed by atoms with Gasteiger partial charge >= 0.3 is 0 Å². The van der Waals surface area contributed by atoms with Crippen molar-refractivity contribution in [2.24, 2.45) is 0 Å². The molecule has 0 bridgehead atoms. The fraction of sp³-hybridized carbons (Fsp3) is 0.263. The third-order valence-electron chi connectivity index (χ3n) is 3.81. The SMILES string of the molecule is COc1cc(CCC(=O)NCC(=O)Nc2ccc(F)c(F)c2F)cc(OC)c1. The lowest BCUT2D eigenvalue weighted by Gasteiger charge is -2.10. The van der Waals surface area contributed by atoms with Crippen LogP contribution in [0.25, 0.3) is 0 Å². The Morgan fingerprint density at radius 1 is 0.929 bits per heavy atom. The summed E-state index contributed by atoms with van der Waals surface area (Å²) < 4.78 is 49.8. The number of anilines is 1. The first kappa shape index (κ1) is 21.1. The second-order valence-corrected chi connectivity index (χ2v) is 5.77. The number of halogens is 3. The fourth-order valence-corrected chi connectivity index (χ4v) is 2.35. The number of carbonyl (C=O) groups excluding carboxylic acids is 2. The second-order valence-electron chi connectivity index (χ2n) is 5.77. The third-order valence-corrected chi connectivity index (χ3v) is 3.81. The van der Waals surface area contributed by atoms with Gasteiger partial charge in [0.25, 0.3) is 0 Å². The Balaban J connectivity index is 1.84. The van der Waals surface area contributed by atoms with E-state index in [1.807, 2.05) is 0 Å². The van der Waals surface area contributed by atoms with E-state index >= 15 is 0 Å². The van der Waals surface area contributed by atoms with Crippen molar-refractivity contribution in [3.8, 4) is 11.5 Å². The van der Waals surface area contributed by atoms with Gasteiger partial charge in [-0.2, -0.15) is 0 Å². The molecule has 0 unspecified atom stereocenters. The molecule has 0 fully saturated rings. The van der Waals surface area contributed by atoms with E-state index in [9.17, 15) is 22.8 Å². The molecule has 2 aromatic rings. The molecular formula is C19H19F3N2O4. The fourth-order valence-electron chi connectivity index (χ4n) is 2.35. The molecule has 9 heteroatoms. The minimum Gasteiger partial charge on any atom is -0.497 e. The van der Waals surface area contributed by atoms with Crippen LogP contribution in [0.4, 0.5) is 18.9 Å². The molecule has 150 valence electrons. The highest BCUT2D eigenvalue weighted by atomic mass is 19.2. The summed E-state index contributed by atoms with van der Waals surface area (Å²) in [6.45, 7) is -0.446. The molecular weight excluding hydrogens is 377 g/mol. The van der Waals surface area contributed by atoms with E-state index in [1.54, 1.807) is 18.2 Å². The number of hydrogen-bond donors (Lipinski definition) is 2. The molecule has 2 N–H and O–H groups in total. The Kier molecular flexibility index (Phi) is 7.25. The van der Waals surface area contributed by atoms with Gasteiger partial charge in [-0.1, -0.05) is 0 Å². The Morgan fingerprint density at radius 2 is 1.57 bits per heavy atom. The van der Waals surface area contributed by atoms with E-state index in [2.05, 4.69) is 10.6 Å². The standard InChI is InChI=1S/C19H19F3N2O4/c1-27-12-7-11(8-13(9-12)28-2)3-6-16(25)23-10-17(26)24-15-5-4-14(20)18(21)19(15)22/h4-5,7-9H,3,6,10H2,1-2H3,(H,23,25)(H,24,26). The molecule has 0 saturated carbocycles. The summed E-state index contributed by atoms with van der Waals surface area (Å²) in [6.07, 6.45) is 0.460. The highest BCUT2D eigenvalue weighted by molar-refractivity contribution is 5.94. The molecule has 0 saturated heterocycles. The summed E-state index contributed by atoms with van der Waals surface area (Å²) in [5, 5.41) is 4.44. The third kappa shape index (κ3) is 5.63. The van der Waals surface area contributed by atoms with E-state index < -0.39 is 41.5 Å². The van der Waals surface area contributed by atoms with Crippen LogP contribution >= 0.6 is 0 Å². The first-order chi connectivity index (χ1) is 13.3. The van der Waals surface area contributed by atoms with E-state index in [0.29, 0.717) is 24.0 Å². The summed E-state index contributed by atoms with van der Waals surface area (Å²) in [5.41, 5.74) is 0.293. The lowest BCUT2D eigenvalue weighted by molar-refractivity contribution is -0.124. The van der Waals surface area contributed by atoms with E-state index in [4.69, 9.17) is 9.47 Å². The van der Waals surface area contributed by atoms with Gasteiger partial charge in [0.15, 0.2) is 17.5 Å². The molecule has 28 heavy (non-hydrogen) atoms. The lowest BCUT2D eigenvalue weighted by atomic mass is 10.1. The number of rotatable bonds is 8. The molecule has 6 nitrogen and oxygen atoms in total. The predicted molar refractivity (Wildman–Crippen MR) is 95.8 cm³/mol. The topological polar surface area (TPSA) is 76.7 Å². The molecule has 0 aliphatic rings. The highest BCUT2D eigenvalue weighted by Gasteiger charge is 2.15. The van der Waals surface area contributed by atoms with E-state index in [0.717, 1.165) is 11.6 Å². The normalized spacial score (nSPS) is 10.3. The van der Waals surface area contributed by atoms with E-state index in [1.165, 1.54) is 14.2 Å². The summed E-state index contributed by atoms with van der Waals surface area (Å²) >= 11 is 0. The van der Waals surface area contributed by atoms with Crippen LogP contribution in [0.3, 0.4) is 0 Å². The minimum atomic E-state index is -1.68. The van der Waals surface area contributed by atoms with Crippen molar-refractivity contribution >= 4 is 17.5 Å². The van der Waals surface area contributed by atoms with Gasteiger partial charge in [0.05, 0.1) is 26.5 Å². The monoisotopic (exact) mass is 396 g/mol. The molecule has 0 spiro atoms. The van der Waals surface area contributed by atoms with Crippen molar-refractivity contribution in [3.05, 3.63) is 53.3 Å². The number of aryl methyl sites for hydroxylation is 1. The van der Waals surface area contributed by atoms with Gasteiger partial charge in [-0.15, -0.1) is 0 Å². The van der Waals surface area contributed by atoms with Crippen LogP contribution in [0.1, 0.15) is 12.0 Å². The average molecular weight is 396 g/mol. The summed E-state index contributed by atoms with van der Waals surface area (Å²) in [4.78, 5) is 23.7. The molecule has 2 amide bonds. The molecule has 2 rings (SSSR count). The first-order valence-electron chi connectivity index (χ1n) is 8.26. The van der Waals surface area contributed by atoms with Crippen molar-refractivity contribution in [2.75, 3.05) is 26.1 Å². The zero-order valence-electron chi connectivity index (χ0n) is 15.3. The van der Waals surface area contributed by atoms with Gasteiger partial charge in [0.1, 0.15) is 11.5 Å². The summed E-state index contributed by atoms with van der Waals surface area (Å²) in [7, 11) is 3.03. The van der Waals surface area contributed by atoms with Gasteiger partial charge < -0.3 is 20.1 Å². The Bertz CT molecular complexity index is 852. The molecule has 0 aliphatic heterocycles. The number of amides is 2. The largest absolute Gasteiger partial charge is 0.497 e. The smallest absolute Gasteiger partial charge is 0.243 e. The number of benzene rings is 2. The van der Waals surface area contributed by atoms with Crippen molar-refractivity contribution in [3.63, 3.8) is 0 Å². The quantitative estimate of drug-likeness (QED) is 0.673. The average Bonchev–Trinajstić information content (AvgIpc) is 2.70. The Hall–Kier alpha value is -3.23. The van der Waals surface area contributed by atoms with Gasteiger partial charge in [-0.25, -0.2) is 13.2 Å². The molecule has 2 aromatic carbocycles. The van der Waals surface area contributed by atoms with Crippen LogP contribution in [0.15, 0.2) is 30.3 Å². The highest BCUT2D eigenvalue weighted by Crippen LogP contribution is 2.23. The van der Waals surface area contributed by atoms with Crippen LogP contribution in [0, 0.1) is 17.5 Å². The van der Waals surface area contributed by atoms with Crippen LogP contribution in [-0.4, -0.2) is 32.6 Å². The van der Waals surface area contributed by atoms with Gasteiger partial charge in [-0.3, -0.25) is 9.59 Å². The Labute approximate surface area is 159 Å². The molecule has 0 atom stereocenters. The first-order valence-corrected chi connectivity index (χ1v) is 8.26. The van der Waals surface area contributed by atoms with E-state index in [-0.39, 0.29) is 6.42 Å². The number of nitrogens with one attached hydrogen (secondary N) is 2. The predicted octanol–water partition coefficient (Wildman–Crippen LogP) is 2.81. The number of ether oxygens (including phenoxy) is 2. The molecule has 0 aromatic heterocycles. The summed E-state index contributed by atoms with van der Waals surface area (Å²) in [6, 6.07) is 6.80. The van der Waals surface area contributed by atoms with Crippen molar-refractivity contribution < 1.29 is 32.2 Å². The number of carbonyl (C=O) groups is 2. The molecule has 0 aliphatic carbocycles. The lowest BCUT2D eigenvalue weighted by Crippen LogP contribution is -2.33. The van der Waals surface area contributed by atoms with Gasteiger partial charge in [0, 0.05) is 12.5 Å². The number of methoxy groups -OCH3 is 2. The zero-order chi connectivity index (χ0) is 20.7. The number of hydrogen-bond acceptors (Lipinski definition) is 4. The van der Waals surface area contributed by atoms with Crippen molar-refractivity contribution in [1.29, 1.82) is 0 Å². The maximum atomic E-state index is 13.5. The second kappa shape index (κ2) is 9.63. The van der Waals surface area contributed by atoms with Crippen LogP contribution in [-0.2, 0) is 16.0 Å². The maximum Gasteiger partial charge on any atom is 0.243 e. The van der Waals surface area contributed by atoms with Crippen LogP contribution < -0.4 is 20.1 Å². The maximum absolute atomic E-state index is 13.5. The van der Waals surface area contributed by atoms with Crippen molar-refractivity contribution in [2.45, 2.75) is 12.8 Å².